The third kappa shape index (κ3) is 2.08. The Morgan fingerprint density at radius 3 is 2.89 bits per heavy atom. The third-order valence-corrected chi connectivity index (χ3v) is 3.65. The van der Waals surface area contributed by atoms with Crippen LogP contribution in [0.3, 0.4) is 0 Å². The van der Waals surface area contributed by atoms with E-state index in [1.165, 1.54) is 17.2 Å². The average Bonchev–Trinajstić information content (AvgIpc) is 2.46. The second-order valence-corrected chi connectivity index (χ2v) is 4.70. The Labute approximate surface area is 111 Å². The summed E-state index contributed by atoms with van der Waals surface area (Å²) in [6.07, 6.45) is 2.51. The fourth-order valence-electron chi connectivity index (χ4n) is 2.75. The Morgan fingerprint density at radius 2 is 2.11 bits per heavy atom. The average molecular weight is 257 g/mol. The lowest BCUT2D eigenvalue weighted by molar-refractivity contribution is 0.551. The van der Waals surface area contributed by atoms with Crippen LogP contribution in [0.2, 0.25) is 0 Å². The van der Waals surface area contributed by atoms with Crippen molar-refractivity contribution in [3.63, 3.8) is 0 Å². The van der Waals surface area contributed by atoms with Gasteiger partial charge in [0, 0.05) is 19.3 Å². The van der Waals surface area contributed by atoms with Crippen molar-refractivity contribution in [3.05, 3.63) is 59.5 Å². The van der Waals surface area contributed by atoms with Crippen molar-refractivity contribution in [1.82, 2.24) is 4.98 Å². The lowest BCUT2D eigenvalue weighted by Gasteiger charge is -2.37. The summed E-state index contributed by atoms with van der Waals surface area (Å²) >= 11 is 0. The van der Waals surface area contributed by atoms with E-state index in [-0.39, 0.29) is 11.9 Å². The molecule has 0 saturated heterocycles. The largest absolute Gasteiger partial charge is 0.346 e. The van der Waals surface area contributed by atoms with Crippen LogP contribution in [0.1, 0.15) is 17.2 Å². The van der Waals surface area contributed by atoms with Crippen molar-refractivity contribution in [2.24, 2.45) is 5.73 Å². The number of benzene rings is 1. The van der Waals surface area contributed by atoms with Crippen molar-refractivity contribution < 1.29 is 4.39 Å². The van der Waals surface area contributed by atoms with E-state index in [0.29, 0.717) is 12.4 Å². The zero-order chi connectivity index (χ0) is 13.2. The first kappa shape index (κ1) is 12.1. The van der Waals surface area contributed by atoms with Crippen molar-refractivity contribution in [2.75, 3.05) is 18.0 Å². The van der Waals surface area contributed by atoms with E-state index in [9.17, 15) is 4.39 Å². The normalized spacial score (nSPS) is 18.2. The summed E-state index contributed by atoms with van der Waals surface area (Å²) < 4.78 is 13.9. The summed E-state index contributed by atoms with van der Waals surface area (Å²) in [5.41, 5.74) is 8.38. The minimum Gasteiger partial charge on any atom is -0.346 e. The highest BCUT2D eigenvalue weighted by Crippen LogP contribution is 2.32. The van der Waals surface area contributed by atoms with E-state index in [2.05, 4.69) is 17.1 Å². The molecular formula is C15H16FN3. The maximum Gasteiger partial charge on any atom is 0.165 e. The summed E-state index contributed by atoms with van der Waals surface area (Å²) in [5.74, 6) is 0.104. The summed E-state index contributed by atoms with van der Waals surface area (Å²) in [6, 6.07) is 11.3. The van der Waals surface area contributed by atoms with Gasteiger partial charge in [-0.05, 0) is 29.7 Å². The number of rotatable bonds is 2. The summed E-state index contributed by atoms with van der Waals surface area (Å²) in [7, 11) is 0. The van der Waals surface area contributed by atoms with E-state index >= 15 is 0 Å². The van der Waals surface area contributed by atoms with Crippen LogP contribution in [0, 0.1) is 5.82 Å². The molecule has 0 bridgehead atoms. The van der Waals surface area contributed by atoms with Crippen molar-refractivity contribution in [2.45, 2.75) is 12.5 Å². The van der Waals surface area contributed by atoms with Crippen LogP contribution < -0.4 is 10.6 Å². The van der Waals surface area contributed by atoms with Gasteiger partial charge in [0.25, 0.3) is 0 Å². The Hall–Kier alpha value is -1.94. The number of pyridine rings is 1. The Balaban J connectivity index is 2.03. The van der Waals surface area contributed by atoms with Crippen LogP contribution in [0.25, 0.3) is 0 Å². The SMILES string of the molecule is NCC1c2ccccc2CCN1c1ncccc1F. The number of hydrogen-bond acceptors (Lipinski definition) is 3. The fraction of sp³-hybridized carbons (Fsp3) is 0.267. The Kier molecular flexibility index (Phi) is 3.17. The molecule has 3 rings (SSSR count). The van der Waals surface area contributed by atoms with Gasteiger partial charge in [0.15, 0.2) is 11.6 Å². The third-order valence-electron chi connectivity index (χ3n) is 3.65. The molecule has 1 aromatic carbocycles. The van der Waals surface area contributed by atoms with Crippen molar-refractivity contribution in [3.8, 4) is 0 Å². The van der Waals surface area contributed by atoms with Gasteiger partial charge in [-0.25, -0.2) is 9.37 Å². The molecule has 0 radical (unpaired) electrons. The quantitative estimate of drug-likeness (QED) is 0.897. The molecule has 0 fully saturated rings. The van der Waals surface area contributed by atoms with Gasteiger partial charge in [-0.2, -0.15) is 0 Å². The van der Waals surface area contributed by atoms with Gasteiger partial charge in [-0.15, -0.1) is 0 Å². The van der Waals surface area contributed by atoms with E-state index in [0.717, 1.165) is 13.0 Å². The van der Waals surface area contributed by atoms with Crippen LogP contribution in [-0.2, 0) is 6.42 Å². The van der Waals surface area contributed by atoms with Gasteiger partial charge >= 0.3 is 0 Å². The van der Waals surface area contributed by atoms with Crippen LogP contribution in [0.15, 0.2) is 42.6 Å². The Morgan fingerprint density at radius 1 is 1.26 bits per heavy atom. The van der Waals surface area contributed by atoms with E-state index in [4.69, 9.17) is 5.73 Å². The van der Waals surface area contributed by atoms with Gasteiger partial charge < -0.3 is 10.6 Å². The molecule has 2 aromatic rings. The van der Waals surface area contributed by atoms with Crippen LogP contribution in [-0.4, -0.2) is 18.1 Å². The van der Waals surface area contributed by atoms with E-state index in [1.54, 1.807) is 12.3 Å². The zero-order valence-electron chi connectivity index (χ0n) is 10.6. The number of fused-ring (bicyclic) bond motifs is 1. The highest BCUT2D eigenvalue weighted by atomic mass is 19.1. The number of nitrogens with two attached hydrogens (primary N) is 1. The second kappa shape index (κ2) is 4.97. The zero-order valence-corrected chi connectivity index (χ0v) is 10.6. The summed E-state index contributed by atoms with van der Waals surface area (Å²) in [4.78, 5) is 6.14. The molecule has 1 unspecified atom stereocenters. The van der Waals surface area contributed by atoms with Gasteiger partial charge in [-0.1, -0.05) is 24.3 Å². The van der Waals surface area contributed by atoms with Gasteiger partial charge in [0.2, 0.25) is 0 Å². The Bertz CT molecular complexity index is 585. The highest BCUT2D eigenvalue weighted by molar-refractivity contribution is 5.48. The smallest absolute Gasteiger partial charge is 0.165 e. The first-order chi connectivity index (χ1) is 9.31. The number of aromatic nitrogens is 1. The highest BCUT2D eigenvalue weighted by Gasteiger charge is 2.28. The van der Waals surface area contributed by atoms with Crippen molar-refractivity contribution in [1.29, 1.82) is 0 Å². The predicted molar refractivity (Wildman–Crippen MR) is 73.5 cm³/mol. The molecule has 3 nitrogen and oxygen atoms in total. The van der Waals surface area contributed by atoms with Crippen LogP contribution in [0.4, 0.5) is 10.2 Å². The lowest BCUT2D eigenvalue weighted by atomic mass is 9.92. The van der Waals surface area contributed by atoms with Gasteiger partial charge in [0.1, 0.15) is 0 Å². The molecule has 1 aromatic heterocycles. The molecule has 1 aliphatic rings. The molecule has 0 aliphatic carbocycles. The summed E-state index contributed by atoms with van der Waals surface area (Å²) in [6.45, 7) is 1.19. The standard InChI is InChI=1S/C15H16FN3/c16-13-6-3-8-18-15(13)19-9-7-11-4-1-2-5-12(11)14(19)10-17/h1-6,8,14H,7,9-10,17H2. The topological polar surface area (TPSA) is 42.1 Å². The van der Waals surface area contributed by atoms with E-state index in [1.807, 2.05) is 17.0 Å². The first-order valence-corrected chi connectivity index (χ1v) is 6.46. The molecule has 0 saturated carbocycles. The minimum absolute atomic E-state index is 0.00523. The molecule has 0 amide bonds. The van der Waals surface area contributed by atoms with Crippen LogP contribution in [0.5, 0.6) is 0 Å². The predicted octanol–water partition coefficient (Wildman–Crippen LogP) is 2.28. The molecule has 1 atom stereocenters. The fourth-order valence-corrected chi connectivity index (χ4v) is 2.75. The molecule has 0 spiro atoms. The van der Waals surface area contributed by atoms with Crippen LogP contribution >= 0.6 is 0 Å². The monoisotopic (exact) mass is 257 g/mol. The number of hydrogen-bond donors (Lipinski definition) is 1. The molecule has 4 heteroatoms. The molecule has 2 N–H and O–H groups in total. The molecule has 19 heavy (non-hydrogen) atoms. The molecular weight excluding hydrogens is 241 g/mol. The maximum absolute atomic E-state index is 13.9. The minimum atomic E-state index is -0.291. The molecule has 2 heterocycles. The molecule has 1 aliphatic heterocycles. The van der Waals surface area contributed by atoms with E-state index < -0.39 is 0 Å². The number of anilines is 1. The summed E-state index contributed by atoms with van der Waals surface area (Å²) in [5, 5.41) is 0. The van der Waals surface area contributed by atoms with Gasteiger partial charge in [-0.3, -0.25) is 0 Å². The van der Waals surface area contributed by atoms with Gasteiger partial charge in [0.05, 0.1) is 6.04 Å². The number of halogens is 1. The lowest BCUT2D eigenvalue weighted by Crippen LogP contribution is -2.40. The number of nitrogens with zero attached hydrogens (tertiary/aromatic N) is 2. The second-order valence-electron chi connectivity index (χ2n) is 4.70. The van der Waals surface area contributed by atoms with Crippen molar-refractivity contribution >= 4 is 5.82 Å². The first-order valence-electron chi connectivity index (χ1n) is 6.46. The maximum atomic E-state index is 13.9. The molecule has 98 valence electrons.